The van der Waals surface area contributed by atoms with Crippen LogP contribution < -0.4 is 15.4 Å². The van der Waals surface area contributed by atoms with Gasteiger partial charge in [-0.2, -0.15) is 0 Å². The molecule has 100 valence electrons. The first-order chi connectivity index (χ1) is 8.58. The van der Waals surface area contributed by atoms with E-state index < -0.39 is 5.82 Å². The first kappa shape index (κ1) is 14.4. The van der Waals surface area contributed by atoms with Crippen LogP contribution in [0.4, 0.5) is 4.39 Å². The summed E-state index contributed by atoms with van der Waals surface area (Å²) in [6.07, 6.45) is 0. The highest BCUT2D eigenvalue weighted by atomic mass is 19.1. The van der Waals surface area contributed by atoms with Gasteiger partial charge in [0.1, 0.15) is 0 Å². The molecule has 0 aliphatic carbocycles. The number of ether oxygens (including phenoxy) is 1. The Kier molecular flexibility index (Phi) is 5.58. The number of halogens is 1. The molecule has 1 atom stereocenters. The average Bonchev–Trinajstić information content (AvgIpc) is 2.37. The van der Waals surface area contributed by atoms with E-state index in [4.69, 9.17) is 4.74 Å². The lowest BCUT2D eigenvalue weighted by atomic mass is 10.1. The van der Waals surface area contributed by atoms with Gasteiger partial charge in [0.15, 0.2) is 11.6 Å². The SMILES string of the molecule is CNCC(C)CNC(=O)c1ccc(F)c(OC)c1. The third kappa shape index (κ3) is 4.00. The predicted octanol–water partition coefficient (Wildman–Crippen LogP) is 1.42. The number of amides is 1. The van der Waals surface area contributed by atoms with E-state index in [9.17, 15) is 9.18 Å². The Hall–Kier alpha value is -1.62. The van der Waals surface area contributed by atoms with E-state index in [1.165, 1.54) is 25.3 Å². The van der Waals surface area contributed by atoms with Crippen LogP contribution in [0.5, 0.6) is 5.75 Å². The van der Waals surface area contributed by atoms with Gasteiger partial charge in [0, 0.05) is 12.1 Å². The molecule has 5 heteroatoms. The largest absolute Gasteiger partial charge is 0.494 e. The average molecular weight is 254 g/mol. The van der Waals surface area contributed by atoms with Gasteiger partial charge in [-0.3, -0.25) is 4.79 Å². The smallest absolute Gasteiger partial charge is 0.251 e. The number of benzene rings is 1. The van der Waals surface area contributed by atoms with E-state index in [0.717, 1.165) is 6.54 Å². The van der Waals surface area contributed by atoms with E-state index in [2.05, 4.69) is 10.6 Å². The van der Waals surface area contributed by atoms with Crippen LogP contribution >= 0.6 is 0 Å². The molecule has 1 aromatic carbocycles. The second-order valence-electron chi connectivity index (χ2n) is 4.22. The van der Waals surface area contributed by atoms with Crippen molar-refractivity contribution in [2.45, 2.75) is 6.92 Å². The van der Waals surface area contributed by atoms with E-state index in [1.54, 1.807) is 0 Å². The van der Waals surface area contributed by atoms with Gasteiger partial charge in [-0.15, -0.1) is 0 Å². The Balaban J connectivity index is 2.61. The number of nitrogens with one attached hydrogen (secondary N) is 2. The van der Waals surface area contributed by atoms with Gasteiger partial charge >= 0.3 is 0 Å². The molecule has 0 aliphatic heterocycles. The van der Waals surface area contributed by atoms with Crippen molar-refractivity contribution in [3.63, 3.8) is 0 Å². The highest BCUT2D eigenvalue weighted by molar-refractivity contribution is 5.94. The first-order valence-corrected chi connectivity index (χ1v) is 5.84. The maximum absolute atomic E-state index is 13.2. The fourth-order valence-electron chi connectivity index (χ4n) is 1.59. The fraction of sp³-hybridized carbons (Fsp3) is 0.462. The van der Waals surface area contributed by atoms with Gasteiger partial charge in [0.25, 0.3) is 5.91 Å². The maximum atomic E-state index is 13.2. The summed E-state index contributed by atoms with van der Waals surface area (Å²) in [5, 5.41) is 5.83. The summed E-state index contributed by atoms with van der Waals surface area (Å²) >= 11 is 0. The number of carbonyl (C=O) groups is 1. The molecular weight excluding hydrogens is 235 g/mol. The lowest BCUT2D eigenvalue weighted by Crippen LogP contribution is -2.32. The van der Waals surface area contributed by atoms with Crippen LogP contribution in [0.15, 0.2) is 18.2 Å². The molecule has 0 aliphatic rings. The third-order valence-electron chi connectivity index (χ3n) is 2.58. The van der Waals surface area contributed by atoms with Crippen LogP contribution in [0.25, 0.3) is 0 Å². The van der Waals surface area contributed by atoms with Crippen molar-refractivity contribution in [1.29, 1.82) is 0 Å². The molecule has 0 spiro atoms. The number of hydrogen-bond acceptors (Lipinski definition) is 3. The molecule has 1 unspecified atom stereocenters. The molecule has 1 aromatic rings. The summed E-state index contributed by atoms with van der Waals surface area (Å²) in [7, 11) is 3.23. The highest BCUT2D eigenvalue weighted by Crippen LogP contribution is 2.18. The van der Waals surface area contributed by atoms with Crippen LogP contribution in [0.1, 0.15) is 17.3 Å². The first-order valence-electron chi connectivity index (χ1n) is 5.84. The molecule has 2 N–H and O–H groups in total. The van der Waals surface area contributed by atoms with Crippen LogP contribution in [-0.4, -0.2) is 33.2 Å². The molecule has 1 amide bonds. The van der Waals surface area contributed by atoms with Crippen LogP contribution in [0.3, 0.4) is 0 Å². The summed E-state index contributed by atoms with van der Waals surface area (Å²) in [4.78, 5) is 11.8. The number of carbonyl (C=O) groups excluding carboxylic acids is 1. The van der Waals surface area contributed by atoms with Crippen molar-refractivity contribution < 1.29 is 13.9 Å². The maximum Gasteiger partial charge on any atom is 0.251 e. The van der Waals surface area contributed by atoms with E-state index >= 15 is 0 Å². The minimum absolute atomic E-state index is 0.0749. The molecular formula is C13H19FN2O2. The van der Waals surface area contributed by atoms with E-state index in [0.29, 0.717) is 18.0 Å². The van der Waals surface area contributed by atoms with Crippen LogP contribution in [-0.2, 0) is 0 Å². The van der Waals surface area contributed by atoms with Crippen molar-refractivity contribution in [2.24, 2.45) is 5.92 Å². The monoisotopic (exact) mass is 254 g/mol. The zero-order valence-electron chi connectivity index (χ0n) is 10.9. The standard InChI is InChI=1S/C13H19FN2O2/c1-9(7-15-2)8-16-13(17)10-4-5-11(14)12(6-10)18-3/h4-6,9,15H,7-8H2,1-3H3,(H,16,17). The van der Waals surface area contributed by atoms with Gasteiger partial charge in [0.05, 0.1) is 7.11 Å². The minimum atomic E-state index is -0.474. The summed E-state index contributed by atoms with van der Waals surface area (Å²) < 4.78 is 18.0. The molecule has 0 aromatic heterocycles. The van der Waals surface area contributed by atoms with Gasteiger partial charge in [0.2, 0.25) is 0 Å². The van der Waals surface area contributed by atoms with Crippen molar-refractivity contribution in [3.8, 4) is 5.75 Å². The normalized spacial score (nSPS) is 12.0. The van der Waals surface area contributed by atoms with Gasteiger partial charge < -0.3 is 15.4 Å². The summed E-state index contributed by atoms with van der Waals surface area (Å²) in [5.74, 6) is -0.291. The molecule has 0 radical (unpaired) electrons. The number of methoxy groups -OCH3 is 1. The molecule has 1 rings (SSSR count). The van der Waals surface area contributed by atoms with Crippen molar-refractivity contribution in [1.82, 2.24) is 10.6 Å². The zero-order chi connectivity index (χ0) is 13.5. The molecule has 0 fully saturated rings. The lowest BCUT2D eigenvalue weighted by molar-refractivity contribution is 0.0947. The minimum Gasteiger partial charge on any atom is -0.494 e. The molecule has 0 saturated carbocycles. The Morgan fingerprint density at radius 1 is 1.44 bits per heavy atom. The predicted molar refractivity (Wildman–Crippen MR) is 68.4 cm³/mol. The molecule has 18 heavy (non-hydrogen) atoms. The fourth-order valence-corrected chi connectivity index (χ4v) is 1.59. The number of hydrogen-bond donors (Lipinski definition) is 2. The summed E-state index contributed by atoms with van der Waals surface area (Å²) in [6.45, 7) is 3.43. The Morgan fingerprint density at radius 2 is 2.17 bits per heavy atom. The molecule has 0 saturated heterocycles. The van der Waals surface area contributed by atoms with Gasteiger partial charge in [-0.1, -0.05) is 6.92 Å². The topological polar surface area (TPSA) is 50.4 Å². The Labute approximate surface area is 107 Å². The summed E-state index contributed by atoms with van der Waals surface area (Å²) in [5.41, 5.74) is 0.393. The Bertz CT molecular complexity index is 410. The zero-order valence-corrected chi connectivity index (χ0v) is 10.9. The lowest BCUT2D eigenvalue weighted by Gasteiger charge is -2.12. The third-order valence-corrected chi connectivity index (χ3v) is 2.58. The molecule has 4 nitrogen and oxygen atoms in total. The summed E-state index contributed by atoms with van der Waals surface area (Å²) in [6, 6.07) is 4.06. The Morgan fingerprint density at radius 3 is 2.78 bits per heavy atom. The molecule has 0 bridgehead atoms. The van der Waals surface area contributed by atoms with Gasteiger partial charge in [-0.05, 0) is 37.7 Å². The molecule has 0 heterocycles. The second-order valence-corrected chi connectivity index (χ2v) is 4.22. The van der Waals surface area contributed by atoms with Crippen molar-refractivity contribution in [2.75, 3.05) is 27.2 Å². The van der Waals surface area contributed by atoms with Crippen molar-refractivity contribution >= 4 is 5.91 Å². The highest BCUT2D eigenvalue weighted by Gasteiger charge is 2.10. The van der Waals surface area contributed by atoms with E-state index in [1.807, 2.05) is 14.0 Å². The quantitative estimate of drug-likeness (QED) is 0.807. The second kappa shape index (κ2) is 6.96. The van der Waals surface area contributed by atoms with Gasteiger partial charge in [-0.25, -0.2) is 4.39 Å². The van der Waals surface area contributed by atoms with Crippen molar-refractivity contribution in [3.05, 3.63) is 29.6 Å². The van der Waals surface area contributed by atoms with E-state index in [-0.39, 0.29) is 11.7 Å². The van der Waals surface area contributed by atoms with Crippen LogP contribution in [0, 0.1) is 11.7 Å². The van der Waals surface area contributed by atoms with Crippen LogP contribution in [0.2, 0.25) is 0 Å². The number of rotatable bonds is 6.